The van der Waals surface area contributed by atoms with Crippen molar-refractivity contribution >= 4 is 17.6 Å². The molecule has 1 unspecified atom stereocenters. The van der Waals surface area contributed by atoms with Gasteiger partial charge >= 0.3 is 11.8 Å². The first-order valence-electron chi connectivity index (χ1n) is 4.36. The molecule has 0 saturated heterocycles. The number of carboxylic acids is 1. The molecule has 4 nitrogen and oxygen atoms in total. The van der Waals surface area contributed by atoms with Gasteiger partial charge in [0.1, 0.15) is 5.75 Å². The van der Waals surface area contributed by atoms with Crippen LogP contribution in [-0.2, 0) is 16.1 Å². The van der Waals surface area contributed by atoms with Crippen molar-refractivity contribution in [1.29, 1.82) is 0 Å². The van der Waals surface area contributed by atoms with Gasteiger partial charge in [-0.05, 0) is 18.2 Å². The maximum atomic E-state index is 10.9. The van der Waals surface area contributed by atoms with Crippen LogP contribution in [-0.4, -0.2) is 16.9 Å². The molecule has 0 amide bonds. The van der Waals surface area contributed by atoms with Gasteiger partial charge in [0.05, 0.1) is 6.61 Å². The van der Waals surface area contributed by atoms with E-state index in [0.29, 0.717) is 10.8 Å². The molecular formula is C10H9ClO4. The second-order valence-electron chi connectivity index (χ2n) is 3.39. The van der Waals surface area contributed by atoms with E-state index in [2.05, 4.69) is 0 Å². The smallest absolute Gasteiger partial charge is 0.376 e. The third kappa shape index (κ3) is 1.78. The molecule has 80 valence electrons. The summed E-state index contributed by atoms with van der Waals surface area (Å²) in [6.45, 7) is 1.55. The minimum absolute atomic E-state index is 0.179. The summed E-state index contributed by atoms with van der Waals surface area (Å²) in [7, 11) is 0. The Labute approximate surface area is 91.4 Å². The van der Waals surface area contributed by atoms with Gasteiger partial charge in [-0.1, -0.05) is 11.6 Å². The Morgan fingerprint density at radius 1 is 1.60 bits per heavy atom. The topological polar surface area (TPSA) is 55.8 Å². The van der Waals surface area contributed by atoms with E-state index in [1.165, 1.54) is 6.92 Å². The molecule has 1 N–H and O–H groups in total. The monoisotopic (exact) mass is 228 g/mol. The number of carbonyl (C=O) groups is 1. The van der Waals surface area contributed by atoms with E-state index in [4.69, 9.17) is 26.2 Å². The Morgan fingerprint density at radius 3 is 3.00 bits per heavy atom. The van der Waals surface area contributed by atoms with Crippen molar-refractivity contribution in [3.05, 3.63) is 28.8 Å². The minimum Gasteiger partial charge on any atom is -0.476 e. The average molecular weight is 229 g/mol. The van der Waals surface area contributed by atoms with Crippen LogP contribution in [0.15, 0.2) is 18.2 Å². The molecule has 1 aliphatic rings. The van der Waals surface area contributed by atoms with E-state index in [0.717, 1.165) is 5.56 Å². The van der Waals surface area contributed by atoms with Gasteiger partial charge in [-0.25, -0.2) is 4.79 Å². The number of carboxylic acid groups (broad SMARTS) is 1. The van der Waals surface area contributed by atoms with Gasteiger partial charge in [-0.2, -0.15) is 0 Å². The van der Waals surface area contributed by atoms with E-state index in [9.17, 15) is 4.79 Å². The van der Waals surface area contributed by atoms with E-state index in [1.54, 1.807) is 18.2 Å². The van der Waals surface area contributed by atoms with Gasteiger partial charge in [-0.3, -0.25) is 0 Å². The lowest BCUT2D eigenvalue weighted by atomic mass is 10.1. The summed E-state index contributed by atoms with van der Waals surface area (Å²) in [5.41, 5.74) is 0.751. The quantitative estimate of drug-likeness (QED) is 0.799. The van der Waals surface area contributed by atoms with Crippen LogP contribution in [0.1, 0.15) is 12.5 Å². The number of halogens is 1. The van der Waals surface area contributed by atoms with E-state index >= 15 is 0 Å². The van der Waals surface area contributed by atoms with Gasteiger partial charge < -0.3 is 14.6 Å². The molecule has 0 aromatic heterocycles. The highest BCUT2D eigenvalue weighted by Gasteiger charge is 2.40. The Hall–Kier alpha value is -1.26. The molecule has 0 radical (unpaired) electrons. The van der Waals surface area contributed by atoms with Crippen molar-refractivity contribution < 1.29 is 19.4 Å². The fourth-order valence-corrected chi connectivity index (χ4v) is 1.52. The molecule has 0 bridgehead atoms. The van der Waals surface area contributed by atoms with Crippen LogP contribution in [0.25, 0.3) is 0 Å². The standard InChI is InChI=1S/C10H9ClO4/c1-10(9(12)13)14-5-6-4-7(11)2-3-8(6)15-10/h2-4H,5H2,1H3,(H,12,13). The SMILES string of the molecule is CC1(C(=O)O)OCc2cc(Cl)ccc2O1. The number of hydrogen-bond donors (Lipinski definition) is 1. The molecule has 0 fully saturated rings. The number of hydrogen-bond acceptors (Lipinski definition) is 3. The molecular weight excluding hydrogens is 220 g/mol. The van der Waals surface area contributed by atoms with Crippen LogP contribution in [0.2, 0.25) is 5.02 Å². The second-order valence-corrected chi connectivity index (χ2v) is 3.83. The maximum Gasteiger partial charge on any atom is 0.376 e. The molecule has 0 aliphatic carbocycles. The highest BCUT2D eigenvalue weighted by Crippen LogP contribution is 2.33. The molecule has 1 atom stereocenters. The zero-order valence-corrected chi connectivity index (χ0v) is 8.75. The molecule has 1 aromatic carbocycles. The van der Waals surface area contributed by atoms with Crippen LogP contribution in [0.5, 0.6) is 5.75 Å². The third-order valence-corrected chi connectivity index (χ3v) is 2.45. The van der Waals surface area contributed by atoms with Gasteiger partial charge in [0.2, 0.25) is 0 Å². The van der Waals surface area contributed by atoms with Crippen molar-refractivity contribution in [3.63, 3.8) is 0 Å². The number of aliphatic carboxylic acids is 1. The first-order valence-corrected chi connectivity index (χ1v) is 4.74. The summed E-state index contributed by atoms with van der Waals surface area (Å²) >= 11 is 5.78. The van der Waals surface area contributed by atoms with Crippen molar-refractivity contribution in [2.75, 3.05) is 0 Å². The van der Waals surface area contributed by atoms with E-state index < -0.39 is 11.8 Å². The zero-order valence-electron chi connectivity index (χ0n) is 7.99. The first-order chi connectivity index (χ1) is 7.01. The molecule has 1 heterocycles. The molecule has 15 heavy (non-hydrogen) atoms. The van der Waals surface area contributed by atoms with Crippen molar-refractivity contribution in [2.24, 2.45) is 0 Å². The minimum atomic E-state index is -1.61. The van der Waals surface area contributed by atoms with Crippen LogP contribution in [0.4, 0.5) is 0 Å². The number of ether oxygens (including phenoxy) is 2. The van der Waals surface area contributed by atoms with Crippen molar-refractivity contribution in [1.82, 2.24) is 0 Å². The third-order valence-electron chi connectivity index (χ3n) is 2.22. The lowest BCUT2D eigenvalue weighted by Gasteiger charge is -2.31. The molecule has 5 heteroatoms. The summed E-state index contributed by atoms with van der Waals surface area (Å²) in [6.07, 6.45) is 0. The maximum absolute atomic E-state index is 10.9. The molecule has 1 aromatic rings. The van der Waals surface area contributed by atoms with Gasteiger partial charge in [0.25, 0.3) is 0 Å². The fraction of sp³-hybridized carbons (Fsp3) is 0.300. The summed E-state index contributed by atoms with van der Waals surface area (Å²) in [4.78, 5) is 10.9. The van der Waals surface area contributed by atoms with Crippen LogP contribution in [0, 0.1) is 0 Å². The van der Waals surface area contributed by atoms with Gasteiger partial charge in [0.15, 0.2) is 0 Å². The highest BCUT2D eigenvalue weighted by molar-refractivity contribution is 6.30. The highest BCUT2D eigenvalue weighted by atomic mass is 35.5. The Bertz CT molecular complexity index is 418. The van der Waals surface area contributed by atoms with Crippen molar-refractivity contribution in [2.45, 2.75) is 19.3 Å². The van der Waals surface area contributed by atoms with Crippen LogP contribution in [0.3, 0.4) is 0 Å². The Kier molecular flexibility index (Phi) is 2.32. The summed E-state index contributed by atoms with van der Waals surface area (Å²) in [5.74, 6) is -2.26. The summed E-state index contributed by atoms with van der Waals surface area (Å²) < 4.78 is 10.4. The molecule has 0 saturated carbocycles. The lowest BCUT2D eigenvalue weighted by molar-refractivity contribution is -0.216. The number of fused-ring (bicyclic) bond motifs is 1. The Morgan fingerprint density at radius 2 is 2.33 bits per heavy atom. The largest absolute Gasteiger partial charge is 0.476 e. The normalized spacial score (nSPS) is 24.1. The molecule has 1 aliphatic heterocycles. The fourth-order valence-electron chi connectivity index (χ4n) is 1.32. The predicted octanol–water partition coefficient (Wildman–Crippen LogP) is 2.05. The average Bonchev–Trinajstić information content (AvgIpc) is 2.18. The van der Waals surface area contributed by atoms with Crippen molar-refractivity contribution in [3.8, 4) is 5.75 Å². The summed E-state index contributed by atoms with van der Waals surface area (Å²) in [6, 6.07) is 4.98. The predicted molar refractivity (Wildman–Crippen MR) is 52.9 cm³/mol. The number of benzene rings is 1. The van der Waals surface area contributed by atoms with E-state index in [1.807, 2.05) is 0 Å². The van der Waals surface area contributed by atoms with Crippen LogP contribution >= 0.6 is 11.6 Å². The van der Waals surface area contributed by atoms with Crippen LogP contribution < -0.4 is 4.74 Å². The molecule has 0 spiro atoms. The molecule has 2 rings (SSSR count). The zero-order chi connectivity index (χ0) is 11.1. The lowest BCUT2D eigenvalue weighted by Crippen LogP contribution is -2.46. The second kappa shape index (κ2) is 3.40. The number of rotatable bonds is 1. The van der Waals surface area contributed by atoms with E-state index in [-0.39, 0.29) is 6.61 Å². The Balaban J connectivity index is 2.35. The first kappa shape index (κ1) is 10.3. The van der Waals surface area contributed by atoms with Gasteiger partial charge in [-0.15, -0.1) is 0 Å². The summed E-state index contributed by atoms with van der Waals surface area (Å²) in [5, 5.41) is 9.47. The van der Waals surface area contributed by atoms with Gasteiger partial charge in [0, 0.05) is 17.5 Å².